The first kappa shape index (κ1) is 19.2. The normalized spacial score (nSPS) is 20.2. The molecule has 0 aromatic heterocycles. The van der Waals surface area contributed by atoms with Crippen molar-refractivity contribution in [2.45, 2.75) is 33.2 Å². The molecule has 0 bridgehead atoms. The number of ether oxygens (including phenoxy) is 1. The Labute approximate surface area is 166 Å². The van der Waals surface area contributed by atoms with Crippen molar-refractivity contribution in [3.63, 3.8) is 0 Å². The molecule has 1 saturated heterocycles. The maximum Gasteiger partial charge on any atom is 0.338 e. The minimum absolute atomic E-state index is 0.0166. The molecular formula is C19H21BrN2O3S. The van der Waals surface area contributed by atoms with Crippen molar-refractivity contribution < 1.29 is 14.3 Å². The third-order valence-electron chi connectivity index (χ3n) is 4.16. The van der Waals surface area contributed by atoms with Crippen molar-refractivity contribution in [2.24, 2.45) is 10.9 Å². The van der Waals surface area contributed by atoms with Crippen LogP contribution in [0.3, 0.4) is 0 Å². The van der Waals surface area contributed by atoms with Gasteiger partial charge in [0.15, 0.2) is 5.17 Å². The van der Waals surface area contributed by atoms with E-state index >= 15 is 0 Å². The summed E-state index contributed by atoms with van der Waals surface area (Å²) in [6.07, 6.45) is 0.435. The smallest absolute Gasteiger partial charge is 0.338 e. The molecule has 1 fully saturated rings. The summed E-state index contributed by atoms with van der Waals surface area (Å²) >= 11 is 4.98. The fourth-order valence-corrected chi connectivity index (χ4v) is 4.21. The molecule has 2 aliphatic rings. The lowest BCUT2D eigenvalue weighted by atomic mass is 9.94. The van der Waals surface area contributed by atoms with Gasteiger partial charge in [-0.2, -0.15) is 0 Å². The Morgan fingerprint density at radius 1 is 1.38 bits per heavy atom. The average molecular weight is 437 g/mol. The van der Waals surface area contributed by atoms with Gasteiger partial charge in [0.1, 0.15) is 0 Å². The van der Waals surface area contributed by atoms with Gasteiger partial charge in [-0.15, -0.1) is 0 Å². The number of thioether (sulfide) groups is 1. The number of carbonyl (C=O) groups excluding carboxylic acids is 2. The van der Waals surface area contributed by atoms with Gasteiger partial charge in [0.25, 0.3) is 0 Å². The summed E-state index contributed by atoms with van der Waals surface area (Å²) in [6, 6.07) is 7.17. The molecule has 1 amide bonds. The first-order valence-corrected chi connectivity index (χ1v) is 10.3. The summed E-state index contributed by atoms with van der Waals surface area (Å²) in [5.41, 5.74) is 1.92. The Balaban J connectivity index is 2.06. The molecule has 3 rings (SSSR count). The number of esters is 1. The van der Waals surface area contributed by atoms with Crippen molar-refractivity contribution in [3.8, 4) is 0 Å². The van der Waals surface area contributed by atoms with Gasteiger partial charge < -0.3 is 4.74 Å². The van der Waals surface area contributed by atoms with Gasteiger partial charge in [0.05, 0.1) is 23.9 Å². The van der Waals surface area contributed by atoms with E-state index in [-0.39, 0.29) is 11.8 Å². The van der Waals surface area contributed by atoms with Crippen LogP contribution < -0.4 is 0 Å². The average Bonchev–Trinajstić information content (AvgIpc) is 2.59. The molecule has 1 aromatic carbocycles. The van der Waals surface area contributed by atoms with Crippen LogP contribution in [0.15, 0.2) is 45.0 Å². The predicted octanol–water partition coefficient (Wildman–Crippen LogP) is 4.30. The lowest BCUT2D eigenvalue weighted by Gasteiger charge is -2.39. The number of rotatable bonds is 4. The number of benzene rings is 1. The van der Waals surface area contributed by atoms with Crippen LogP contribution in [0.4, 0.5) is 0 Å². The summed E-state index contributed by atoms with van der Waals surface area (Å²) < 4.78 is 6.42. The number of fused-ring (bicyclic) bond motifs is 1. The van der Waals surface area contributed by atoms with E-state index in [2.05, 4.69) is 20.9 Å². The summed E-state index contributed by atoms with van der Waals surface area (Å²) in [7, 11) is 0. The summed E-state index contributed by atoms with van der Waals surface area (Å²) in [5.74, 6) is 0.523. The van der Waals surface area contributed by atoms with Crippen molar-refractivity contribution in [3.05, 3.63) is 45.6 Å². The topological polar surface area (TPSA) is 59.0 Å². The Morgan fingerprint density at radius 2 is 2.08 bits per heavy atom. The van der Waals surface area contributed by atoms with E-state index in [1.54, 1.807) is 16.7 Å². The van der Waals surface area contributed by atoms with Crippen LogP contribution >= 0.6 is 27.7 Å². The minimum Gasteiger partial charge on any atom is -0.462 e. The fraction of sp³-hybridized carbons (Fsp3) is 0.421. The van der Waals surface area contributed by atoms with Gasteiger partial charge in [-0.25, -0.2) is 9.79 Å². The van der Waals surface area contributed by atoms with E-state index in [1.807, 2.05) is 45.0 Å². The monoisotopic (exact) mass is 436 g/mol. The van der Waals surface area contributed by atoms with Crippen LogP contribution in [0.1, 0.15) is 38.8 Å². The second kappa shape index (κ2) is 7.96. The Hall–Kier alpha value is -1.60. The maximum absolute atomic E-state index is 12.8. The van der Waals surface area contributed by atoms with Crippen LogP contribution in [0.5, 0.6) is 0 Å². The van der Waals surface area contributed by atoms with Crippen molar-refractivity contribution in [2.75, 3.05) is 12.4 Å². The van der Waals surface area contributed by atoms with E-state index < -0.39 is 12.0 Å². The number of halogens is 1. The summed E-state index contributed by atoms with van der Waals surface area (Å²) in [4.78, 5) is 31.7. The van der Waals surface area contributed by atoms with E-state index in [9.17, 15) is 9.59 Å². The fourth-order valence-electron chi connectivity index (χ4n) is 2.94. The zero-order valence-corrected chi connectivity index (χ0v) is 17.4. The number of hydrogen-bond acceptors (Lipinski definition) is 5. The molecular weight excluding hydrogens is 416 g/mol. The van der Waals surface area contributed by atoms with Crippen molar-refractivity contribution in [1.29, 1.82) is 0 Å². The van der Waals surface area contributed by atoms with Crippen LogP contribution in [-0.4, -0.2) is 34.3 Å². The van der Waals surface area contributed by atoms with E-state index in [1.165, 1.54) is 0 Å². The molecule has 26 heavy (non-hydrogen) atoms. The lowest BCUT2D eigenvalue weighted by molar-refractivity contribution is -0.141. The summed E-state index contributed by atoms with van der Waals surface area (Å²) in [5, 5.41) is 0.659. The molecule has 1 atom stereocenters. The molecule has 138 valence electrons. The van der Waals surface area contributed by atoms with Crippen LogP contribution in [-0.2, 0) is 14.3 Å². The molecule has 0 saturated carbocycles. The Kier molecular flexibility index (Phi) is 5.87. The number of hydrogen-bond donors (Lipinski definition) is 0. The number of allylic oxidation sites excluding steroid dienone is 1. The molecule has 0 radical (unpaired) electrons. The molecule has 0 spiro atoms. The van der Waals surface area contributed by atoms with Crippen molar-refractivity contribution >= 4 is 44.7 Å². The Morgan fingerprint density at radius 3 is 2.73 bits per heavy atom. The van der Waals surface area contributed by atoms with Crippen molar-refractivity contribution in [1.82, 2.24) is 4.90 Å². The first-order chi connectivity index (χ1) is 12.4. The maximum atomic E-state index is 12.8. The van der Waals surface area contributed by atoms with Gasteiger partial charge in [0.2, 0.25) is 5.91 Å². The largest absolute Gasteiger partial charge is 0.462 e. The number of amides is 1. The molecule has 5 nitrogen and oxygen atoms in total. The van der Waals surface area contributed by atoms with Gasteiger partial charge in [-0.1, -0.05) is 53.7 Å². The lowest BCUT2D eigenvalue weighted by Crippen LogP contribution is -2.45. The quantitative estimate of drug-likeness (QED) is 0.660. The second-order valence-electron chi connectivity index (χ2n) is 6.70. The molecule has 1 aromatic rings. The van der Waals surface area contributed by atoms with Crippen LogP contribution in [0.2, 0.25) is 0 Å². The minimum atomic E-state index is -0.504. The van der Waals surface area contributed by atoms with Gasteiger partial charge in [-0.3, -0.25) is 9.69 Å². The van der Waals surface area contributed by atoms with Gasteiger partial charge >= 0.3 is 5.97 Å². The number of aliphatic imine (C=N–C) groups is 1. The first-order valence-electron chi connectivity index (χ1n) is 8.55. The van der Waals surface area contributed by atoms with Crippen LogP contribution in [0, 0.1) is 5.92 Å². The third-order valence-corrected chi connectivity index (χ3v) is 5.64. The molecule has 7 heteroatoms. The summed E-state index contributed by atoms with van der Waals surface area (Å²) in [6.45, 7) is 6.12. The zero-order valence-electron chi connectivity index (χ0n) is 15.0. The zero-order chi connectivity index (χ0) is 18.8. The van der Waals surface area contributed by atoms with Crippen LogP contribution in [0.25, 0.3) is 0 Å². The third kappa shape index (κ3) is 3.88. The molecule has 0 aliphatic carbocycles. The highest BCUT2D eigenvalue weighted by molar-refractivity contribution is 9.10. The SMILES string of the molecule is CC1=C(C(=O)OCC(C)C)C(c2ccc(Br)cc2)N2C(=O)CCSC2=N1. The molecule has 2 aliphatic heterocycles. The van der Waals surface area contributed by atoms with Gasteiger partial charge in [0, 0.05) is 16.6 Å². The van der Waals surface area contributed by atoms with E-state index in [0.29, 0.717) is 35.2 Å². The highest BCUT2D eigenvalue weighted by Gasteiger charge is 2.41. The predicted molar refractivity (Wildman–Crippen MR) is 107 cm³/mol. The molecule has 1 unspecified atom stereocenters. The number of amidine groups is 1. The number of carbonyl (C=O) groups is 2. The second-order valence-corrected chi connectivity index (χ2v) is 8.68. The standard InChI is InChI=1S/C19H21BrN2O3S/c1-11(2)10-25-18(24)16-12(3)21-19-22(15(23)8-9-26-19)17(16)13-4-6-14(20)7-5-13/h4-7,11,17H,8-10H2,1-3H3. The highest BCUT2D eigenvalue weighted by atomic mass is 79.9. The van der Waals surface area contributed by atoms with E-state index in [4.69, 9.17) is 4.74 Å². The number of nitrogens with zero attached hydrogens (tertiary/aromatic N) is 2. The Bertz CT molecular complexity index is 786. The molecule has 0 N–H and O–H groups in total. The highest BCUT2D eigenvalue weighted by Crippen LogP contribution is 2.40. The van der Waals surface area contributed by atoms with Gasteiger partial charge in [-0.05, 0) is 30.5 Å². The molecule has 2 heterocycles. The van der Waals surface area contributed by atoms with E-state index in [0.717, 1.165) is 10.0 Å².